The summed E-state index contributed by atoms with van der Waals surface area (Å²) in [5, 5.41) is 14.3. The normalized spacial score (nSPS) is 15.6. The van der Waals surface area contributed by atoms with E-state index >= 15 is 0 Å². The van der Waals surface area contributed by atoms with E-state index in [-0.39, 0.29) is 17.5 Å². The zero-order valence-corrected chi connectivity index (χ0v) is 22.2. The van der Waals surface area contributed by atoms with Crippen LogP contribution in [0.5, 0.6) is 0 Å². The average Bonchev–Trinajstić information content (AvgIpc) is 3.38. The lowest BCUT2D eigenvalue weighted by molar-refractivity contribution is 0.131. The van der Waals surface area contributed by atoms with Crippen molar-refractivity contribution in [2.45, 2.75) is 77.9 Å². The van der Waals surface area contributed by atoms with E-state index in [2.05, 4.69) is 87.3 Å². The van der Waals surface area contributed by atoms with E-state index < -0.39 is 0 Å². The number of fused-ring (bicyclic) bond motifs is 1. The van der Waals surface area contributed by atoms with Crippen molar-refractivity contribution in [2.24, 2.45) is 5.92 Å². The third kappa shape index (κ3) is 5.82. The first-order valence-corrected chi connectivity index (χ1v) is 13.7. The number of aromatic nitrogens is 5. The Bertz CT molecular complexity index is 1370. The zero-order valence-electron chi connectivity index (χ0n) is 22.2. The lowest BCUT2D eigenvalue weighted by Crippen LogP contribution is -2.37. The first kappa shape index (κ1) is 25.3. The highest BCUT2D eigenvalue weighted by molar-refractivity contribution is 5.79. The van der Waals surface area contributed by atoms with Gasteiger partial charge in [0.2, 0.25) is 0 Å². The number of tetrazole rings is 1. The molecule has 2 aromatic carbocycles. The fourth-order valence-corrected chi connectivity index (χ4v) is 5.81. The number of pyridine rings is 1. The summed E-state index contributed by atoms with van der Waals surface area (Å²) in [4.78, 5) is 18.7. The number of H-pyrrole nitrogens is 1. The van der Waals surface area contributed by atoms with Gasteiger partial charge in [-0.1, -0.05) is 75.1 Å². The van der Waals surface area contributed by atoms with Crippen molar-refractivity contribution in [3.63, 3.8) is 0 Å². The first-order chi connectivity index (χ1) is 18.0. The molecule has 194 valence electrons. The molecule has 1 aliphatic rings. The molecular weight excluding hydrogens is 460 g/mol. The maximum atomic E-state index is 13.2. The molecule has 0 bridgehead atoms. The topological polar surface area (TPSA) is 79.7 Å². The number of rotatable bonds is 9. The fourth-order valence-electron chi connectivity index (χ4n) is 5.81. The number of aromatic amines is 1. The van der Waals surface area contributed by atoms with Crippen LogP contribution in [0.15, 0.2) is 59.4 Å². The van der Waals surface area contributed by atoms with E-state index in [1.807, 2.05) is 18.2 Å². The predicted molar refractivity (Wildman–Crippen MR) is 147 cm³/mol. The molecule has 4 aromatic rings. The summed E-state index contributed by atoms with van der Waals surface area (Å²) >= 11 is 0. The Morgan fingerprint density at radius 2 is 1.84 bits per heavy atom. The molecule has 0 saturated heterocycles. The number of nitrogens with zero attached hydrogens (tertiary/aromatic N) is 5. The number of benzene rings is 2. The molecule has 1 aliphatic carbocycles. The molecule has 1 N–H and O–H groups in total. The van der Waals surface area contributed by atoms with Crippen molar-refractivity contribution in [1.29, 1.82) is 0 Å². The lowest BCUT2D eigenvalue weighted by atomic mass is 9.94. The van der Waals surface area contributed by atoms with Crippen LogP contribution in [0.3, 0.4) is 0 Å². The van der Waals surface area contributed by atoms with Crippen LogP contribution < -0.4 is 5.56 Å². The Balaban J connectivity index is 1.52. The fraction of sp³-hybridized carbons (Fsp3) is 0.467. The van der Waals surface area contributed by atoms with E-state index in [0.29, 0.717) is 12.6 Å². The van der Waals surface area contributed by atoms with Gasteiger partial charge in [0.15, 0.2) is 5.82 Å². The molecule has 5 rings (SSSR count). The van der Waals surface area contributed by atoms with E-state index in [1.54, 1.807) is 0 Å². The van der Waals surface area contributed by atoms with Gasteiger partial charge in [-0.3, -0.25) is 9.69 Å². The summed E-state index contributed by atoms with van der Waals surface area (Å²) in [5.41, 5.74) is 4.07. The molecule has 1 atom stereocenters. The Morgan fingerprint density at radius 3 is 2.59 bits per heavy atom. The molecular formula is C30H38N6O. The Labute approximate surface area is 218 Å². The molecule has 1 saturated carbocycles. The van der Waals surface area contributed by atoms with Gasteiger partial charge in [0, 0.05) is 24.2 Å². The highest BCUT2D eigenvalue weighted by Gasteiger charge is 2.32. The van der Waals surface area contributed by atoms with Crippen LogP contribution in [0.4, 0.5) is 0 Å². The molecule has 2 aromatic heterocycles. The van der Waals surface area contributed by atoms with Gasteiger partial charge in [0.1, 0.15) is 0 Å². The van der Waals surface area contributed by atoms with E-state index in [4.69, 9.17) is 0 Å². The van der Waals surface area contributed by atoms with Crippen LogP contribution in [0.1, 0.15) is 80.6 Å². The van der Waals surface area contributed by atoms with Crippen molar-refractivity contribution >= 4 is 10.9 Å². The predicted octanol–water partition coefficient (Wildman–Crippen LogP) is 5.77. The third-order valence-corrected chi connectivity index (χ3v) is 7.71. The first-order valence-electron chi connectivity index (χ1n) is 13.7. The molecule has 2 heterocycles. The maximum Gasteiger partial charge on any atom is 0.252 e. The Kier molecular flexibility index (Phi) is 7.79. The molecule has 7 heteroatoms. The van der Waals surface area contributed by atoms with Crippen LogP contribution in [0, 0.1) is 12.8 Å². The number of nitrogens with one attached hydrogen (secondary N) is 1. The van der Waals surface area contributed by atoms with Gasteiger partial charge in [0.05, 0.1) is 12.1 Å². The molecule has 0 spiro atoms. The molecule has 0 amide bonds. The summed E-state index contributed by atoms with van der Waals surface area (Å²) in [6.45, 7) is 7.88. The molecule has 37 heavy (non-hydrogen) atoms. The summed E-state index contributed by atoms with van der Waals surface area (Å²) < 4.78 is 2.09. The van der Waals surface area contributed by atoms with Gasteiger partial charge in [-0.25, -0.2) is 4.68 Å². The van der Waals surface area contributed by atoms with Gasteiger partial charge in [-0.15, -0.1) is 5.10 Å². The monoisotopic (exact) mass is 498 g/mol. The Hall–Kier alpha value is -3.32. The average molecular weight is 499 g/mol. The van der Waals surface area contributed by atoms with Gasteiger partial charge in [-0.05, 0) is 71.7 Å². The third-order valence-electron chi connectivity index (χ3n) is 7.71. The zero-order chi connectivity index (χ0) is 25.8. The van der Waals surface area contributed by atoms with Crippen LogP contribution in [-0.4, -0.2) is 36.6 Å². The molecule has 7 nitrogen and oxygen atoms in total. The minimum atomic E-state index is -0.0320. The maximum absolute atomic E-state index is 13.2. The number of hydrogen-bond donors (Lipinski definition) is 1. The van der Waals surface area contributed by atoms with Crippen molar-refractivity contribution in [1.82, 2.24) is 30.1 Å². The second kappa shape index (κ2) is 11.4. The van der Waals surface area contributed by atoms with Crippen molar-refractivity contribution in [3.05, 3.63) is 87.5 Å². The van der Waals surface area contributed by atoms with Crippen LogP contribution in [-0.2, 0) is 13.0 Å². The van der Waals surface area contributed by atoms with Crippen molar-refractivity contribution < 1.29 is 0 Å². The highest BCUT2D eigenvalue weighted by Crippen LogP contribution is 2.34. The van der Waals surface area contributed by atoms with Crippen molar-refractivity contribution in [2.75, 3.05) is 6.54 Å². The largest absolute Gasteiger partial charge is 0.322 e. The minimum Gasteiger partial charge on any atom is -0.322 e. The number of hydrogen-bond acceptors (Lipinski definition) is 5. The number of aryl methyl sites for hydroxylation is 1. The molecule has 0 aliphatic heterocycles. The van der Waals surface area contributed by atoms with Crippen LogP contribution >= 0.6 is 0 Å². The van der Waals surface area contributed by atoms with E-state index in [0.717, 1.165) is 48.1 Å². The second-order valence-corrected chi connectivity index (χ2v) is 10.9. The summed E-state index contributed by atoms with van der Waals surface area (Å²) in [7, 11) is 0. The summed E-state index contributed by atoms with van der Waals surface area (Å²) in [6.07, 6.45) is 6.86. The molecule has 0 unspecified atom stereocenters. The SMILES string of the molecule is Cc1ccc2[nH]c(=O)c(CN(CCc3ccccc3)[C@@H](c3nnnn3C3CCCCC3)C(C)C)cc2c1. The minimum absolute atomic E-state index is 0.00625. The van der Waals surface area contributed by atoms with Crippen LogP contribution in [0.25, 0.3) is 10.9 Å². The van der Waals surface area contributed by atoms with E-state index in [9.17, 15) is 4.79 Å². The summed E-state index contributed by atoms with van der Waals surface area (Å²) in [6, 6.07) is 19.1. The Morgan fingerprint density at radius 1 is 1.05 bits per heavy atom. The van der Waals surface area contributed by atoms with Crippen LogP contribution in [0.2, 0.25) is 0 Å². The lowest BCUT2D eigenvalue weighted by Gasteiger charge is -2.35. The van der Waals surface area contributed by atoms with Gasteiger partial charge >= 0.3 is 0 Å². The second-order valence-electron chi connectivity index (χ2n) is 10.9. The smallest absolute Gasteiger partial charge is 0.252 e. The van der Waals surface area contributed by atoms with Gasteiger partial charge in [-0.2, -0.15) is 0 Å². The van der Waals surface area contributed by atoms with Gasteiger partial charge in [0.25, 0.3) is 5.56 Å². The summed E-state index contributed by atoms with van der Waals surface area (Å²) in [5.74, 6) is 1.19. The van der Waals surface area contributed by atoms with E-state index in [1.165, 1.54) is 30.4 Å². The van der Waals surface area contributed by atoms with Crippen molar-refractivity contribution in [3.8, 4) is 0 Å². The van der Waals surface area contributed by atoms with Gasteiger partial charge < -0.3 is 4.98 Å². The molecule has 0 radical (unpaired) electrons. The highest BCUT2D eigenvalue weighted by atomic mass is 16.1. The standard InChI is InChI=1S/C30H38N6O/c1-21(2)28(29-32-33-34-36(29)26-12-8-5-9-13-26)35(17-16-23-10-6-4-7-11-23)20-25-19-24-18-22(3)14-15-27(24)31-30(25)37/h4,6-7,10-11,14-15,18-19,21,26,28H,5,8-9,12-13,16-17,20H2,1-3H3,(H,31,37)/t28-/m1/s1. The molecule has 1 fully saturated rings. The quantitative estimate of drug-likeness (QED) is 0.317.